The fraction of sp³-hybridized carbons (Fsp3) is 0.474. The molecule has 1 aliphatic heterocycles. The second kappa shape index (κ2) is 9.42. The Bertz CT molecular complexity index is 1140. The lowest BCUT2D eigenvalue weighted by Crippen LogP contribution is -2.37. The summed E-state index contributed by atoms with van der Waals surface area (Å²) in [6, 6.07) is 4.06. The fourth-order valence-corrected chi connectivity index (χ4v) is 3.35. The largest absolute Gasteiger partial charge is 0.490 e. The van der Waals surface area contributed by atoms with Crippen LogP contribution in [0.1, 0.15) is 38.3 Å². The highest BCUT2D eigenvalue weighted by molar-refractivity contribution is 5.78. The van der Waals surface area contributed by atoms with Crippen LogP contribution in [-0.4, -0.2) is 65.1 Å². The van der Waals surface area contributed by atoms with Gasteiger partial charge in [-0.15, -0.1) is 15.3 Å². The maximum atomic E-state index is 12.0. The van der Waals surface area contributed by atoms with E-state index < -0.39 is 12.1 Å². The Morgan fingerprint density at radius 3 is 2.61 bits per heavy atom. The van der Waals surface area contributed by atoms with E-state index in [1.54, 1.807) is 10.8 Å². The topological polar surface area (TPSA) is 131 Å². The number of aliphatic carboxylic acids is 1. The van der Waals surface area contributed by atoms with Gasteiger partial charge in [-0.25, -0.2) is 9.78 Å². The summed E-state index contributed by atoms with van der Waals surface area (Å²) >= 11 is 0. The van der Waals surface area contributed by atoms with Gasteiger partial charge in [0, 0.05) is 25.3 Å². The Morgan fingerprint density at radius 2 is 1.97 bits per heavy atom. The summed E-state index contributed by atoms with van der Waals surface area (Å²) in [6.07, 6.45) is -1.20. The molecule has 1 atom stereocenters. The van der Waals surface area contributed by atoms with Crippen LogP contribution in [0.25, 0.3) is 5.65 Å². The molecular weight excluding hydrogens is 445 g/mol. The van der Waals surface area contributed by atoms with Gasteiger partial charge in [0.1, 0.15) is 18.0 Å². The van der Waals surface area contributed by atoms with Crippen LogP contribution < -0.4 is 10.2 Å². The first-order chi connectivity index (χ1) is 15.5. The lowest BCUT2D eigenvalue weighted by atomic mass is 10.2. The minimum absolute atomic E-state index is 0.000294. The second-order valence-electron chi connectivity index (χ2n) is 7.68. The van der Waals surface area contributed by atoms with Crippen LogP contribution in [0.5, 0.6) is 0 Å². The number of carbonyl (C=O) groups is 2. The number of carboxylic acids is 1. The average Bonchev–Trinajstić information content (AvgIpc) is 3.33. The predicted molar refractivity (Wildman–Crippen MR) is 109 cm³/mol. The molecule has 0 aliphatic carbocycles. The Morgan fingerprint density at radius 1 is 1.27 bits per heavy atom. The summed E-state index contributed by atoms with van der Waals surface area (Å²) in [4.78, 5) is 27.8. The number of aromatic nitrogens is 6. The van der Waals surface area contributed by atoms with E-state index in [0.717, 1.165) is 36.1 Å². The van der Waals surface area contributed by atoms with Crippen molar-refractivity contribution in [2.75, 3.05) is 11.4 Å². The van der Waals surface area contributed by atoms with Crippen molar-refractivity contribution in [3.05, 3.63) is 36.2 Å². The molecule has 178 valence electrons. The van der Waals surface area contributed by atoms with E-state index in [2.05, 4.69) is 37.0 Å². The van der Waals surface area contributed by atoms with Crippen LogP contribution in [0.4, 0.5) is 19.0 Å². The molecule has 4 heterocycles. The number of hydrogen-bond acceptors (Lipinski definition) is 7. The third kappa shape index (κ3) is 5.75. The van der Waals surface area contributed by atoms with Crippen molar-refractivity contribution in [1.82, 2.24) is 34.7 Å². The number of amides is 1. The van der Waals surface area contributed by atoms with Crippen molar-refractivity contribution in [3.8, 4) is 0 Å². The van der Waals surface area contributed by atoms with Gasteiger partial charge in [-0.2, -0.15) is 17.7 Å². The quantitative estimate of drug-likeness (QED) is 0.591. The van der Waals surface area contributed by atoms with E-state index in [1.165, 1.54) is 0 Å². The molecule has 0 bridgehead atoms. The van der Waals surface area contributed by atoms with E-state index in [9.17, 15) is 18.0 Å². The third-order valence-electron chi connectivity index (χ3n) is 4.76. The van der Waals surface area contributed by atoms with Crippen LogP contribution >= 0.6 is 0 Å². The van der Waals surface area contributed by atoms with E-state index in [1.807, 2.05) is 32.2 Å². The number of carbonyl (C=O) groups excluding carboxylic acids is 1. The van der Waals surface area contributed by atoms with Crippen molar-refractivity contribution >= 4 is 23.3 Å². The molecule has 11 nitrogen and oxygen atoms in total. The third-order valence-corrected chi connectivity index (χ3v) is 4.76. The van der Waals surface area contributed by atoms with Gasteiger partial charge in [0.25, 0.3) is 0 Å². The molecule has 0 fully saturated rings. The number of fused-ring (bicyclic) bond motifs is 2. The van der Waals surface area contributed by atoms with E-state index in [-0.39, 0.29) is 18.0 Å². The maximum absolute atomic E-state index is 12.0. The van der Waals surface area contributed by atoms with Crippen molar-refractivity contribution in [2.24, 2.45) is 0 Å². The Balaban J connectivity index is 0.000000383. The minimum Gasteiger partial charge on any atom is -0.475 e. The van der Waals surface area contributed by atoms with Crippen molar-refractivity contribution in [3.63, 3.8) is 0 Å². The maximum Gasteiger partial charge on any atom is 0.490 e. The number of alkyl halides is 3. The van der Waals surface area contributed by atoms with Gasteiger partial charge in [-0.3, -0.25) is 4.79 Å². The van der Waals surface area contributed by atoms with Crippen LogP contribution in [-0.2, 0) is 22.6 Å². The van der Waals surface area contributed by atoms with Gasteiger partial charge in [0.2, 0.25) is 5.91 Å². The number of imidazole rings is 1. The summed E-state index contributed by atoms with van der Waals surface area (Å²) in [5.41, 5.74) is 1.52. The second-order valence-corrected chi connectivity index (χ2v) is 7.68. The first-order valence-electron chi connectivity index (χ1n) is 10.0. The number of hydrogen-bond donors (Lipinski definition) is 2. The zero-order valence-electron chi connectivity index (χ0n) is 18.1. The molecule has 3 aromatic heterocycles. The SMILES string of the molecule is CC(C)NC(=O)Cc1cn2c(n1)C(C)N(c1ccc3nncn3n1)CC2.O=C(O)C(F)(F)F. The van der Waals surface area contributed by atoms with Crippen LogP contribution in [0.2, 0.25) is 0 Å². The number of halogens is 3. The number of nitrogens with one attached hydrogen (secondary N) is 1. The summed E-state index contributed by atoms with van der Waals surface area (Å²) < 4.78 is 35.5. The Labute approximate surface area is 186 Å². The average molecular weight is 468 g/mol. The fourth-order valence-electron chi connectivity index (χ4n) is 3.35. The smallest absolute Gasteiger partial charge is 0.475 e. The molecule has 1 aliphatic rings. The van der Waals surface area contributed by atoms with Gasteiger partial charge in [0.05, 0.1) is 18.2 Å². The van der Waals surface area contributed by atoms with Gasteiger partial charge in [-0.05, 0) is 32.9 Å². The van der Waals surface area contributed by atoms with Gasteiger partial charge in [0.15, 0.2) is 5.65 Å². The number of nitrogens with zero attached hydrogens (tertiary/aromatic N) is 7. The Kier molecular flexibility index (Phi) is 6.84. The molecule has 2 N–H and O–H groups in total. The lowest BCUT2D eigenvalue weighted by molar-refractivity contribution is -0.192. The molecule has 1 unspecified atom stereocenters. The van der Waals surface area contributed by atoms with E-state index >= 15 is 0 Å². The lowest BCUT2D eigenvalue weighted by Gasteiger charge is -2.34. The van der Waals surface area contributed by atoms with Crippen molar-refractivity contribution < 1.29 is 27.9 Å². The van der Waals surface area contributed by atoms with Gasteiger partial charge >= 0.3 is 12.1 Å². The highest BCUT2D eigenvalue weighted by Gasteiger charge is 2.38. The first-order valence-corrected chi connectivity index (χ1v) is 10.0. The van der Waals surface area contributed by atoms with Crippen LogP contribution in [0.15, 0.2) is 24.7 Å². The minimum atomic E-state index is -5.08. The number of carboxylic acid groups (broad SMARTS) is 1. The molecule has 4 rings (SSSR count). The summed E-state index contributed by atoms with van der Waals surface area (Å²) in [5.74, 6) is -0.945. The zero-order valence-corrected chi connectivity index (χ0v) is 18.1. The first kappa shape index (κ1) is 23.9. The molecular formula is C19H23F3N8O3. The normalized spacial score (nSPS) is 15.7. The molecule has 0 aromatic carbocycles. The van der Waals surface area contributed by atoms with Crippen LogP contribution in [0, 0.1) is 0 Å². The van der Waals surface area contributed by atoms with Crippen molar-refractivity contribution in [1.29, 1.82) is 0 Å². The molecule has 0 saturated carbocycles. The molecule has 33 heavy (non-hydrogen) atoms. The standard InChI is InChI=1S/C17H22N8O.C2HF3O2/c1-11(2)19-16(26)8-13-9-23-6-7-24(12(3)17(23)20-13)15-5-4-14-21-18-10-25(14)22-15;3-2(4,5)1(6)7/h4-5,9-12H,6-8H2,1-3H3,(H,19,26);(H,6,7). The van der Waals surface area contributed by atoms with Gasteiger partial charge < -0.3 is 19.9 Å². The highest BCUT2D eigenvalue weighted by Crippen LogP contribution is 2.28. The van der Waals surface area contributed by atoms with Crippen LogP contribution in [0.3, 0.4) is 0 Å². The monoisotopic (exact) mass is 468 g/mol. The molecule has 0 saturated heterocycles. The summed E-state index contributed by atoms with van der Waals surface area (Å²) in [5, 5.41) is 22.5. The van der Waals surface area contributed by atoms with E-state index in [4.69, 9.17) is 14.9 Å². The molecule has 0 spiro atoms. The van der Waals surface area contributed by atoms with Gasteiger partial charge in [-0.1, -0.05) is 0 Å². The molecule has 0 radical (unpaired) electrons. The Hall–Kier alpha value is -3.71. The van der Waals surface area contributed by atoms with Crippen molar-refractivity contribution in [2.45, 2.75) is 52.0 Å². The molecule has 1 amide bonds. The number of anilines is 1. The summed E-state index contributed by atoms with van der Waals surface area (Å²) in [7, 11) is 0. The molecule has 14 heteroatoms. The molecule has 3 aromatic rings. The predicted octanol–water partition coefficient (Wildman–Crippen LogP) is 1.60. The van der Waals surface area contributed by atoms with E-state index in [0.29, 0.717) is 6.42 Å². The highest BCUT2D eigenvalue weighted by atomic mass is 19.4. The zero-order chi connectivity index (χ0) is 24.3. The summed E-state index contributed by atoms with van der Waals surface area (Å²) in [6.45, 7) is 7.64. The number of rotatable bonds is 4.